The Hall–Kier alpha value is -0.260. The first-order valence-electron chi connectivity index (χ1n) is 4.29. The van der Waals surface area contributed by atoms with Crippen molar-refractivity contribution in [1.82, 2.24) is 0 Å². The van der Waals surface area contributed by atoms with E-state index in [9.17, 15) is 0 Å². The van der Waals surface area contributed by atoms with Gasteiger partial charge in [-0.1, -0.05) is 45.8 Å². The van der Waals surface area contributed by atoms with Crippen LogP contribution in [0.2, 0.25) is 0 Å². The molecule has 2 unspecified atom stereocenters. The molecular weight excluding hydrogens is 120 g/mol. The van der Waals surface area contributed by atoms with Crippen molar-refractivity contribution < 1.29 is 0 Å². The summed E-state index contributed by atoms with van der Waals surface area (Å²) < 4.78 is 0. The third-order valence-corrected chi connectivity index (χ3v) is 3.07. The van der Waals surface area contributed by atoms with E-state index in [0.717, 1.165) is 5.92 Å². The first-order valence-corrected chi connectivity index (χ1v) is 4.29. The number of allylic oxidation sites excluding steroid dienone is 1. The van der Waals surface area contributed by atoms with Crippen molar-refractivity contribution >= 4 is 0 Å². The molecule has 1 rings (SSSR count). The summed E-state index contributed by atoms with van der Waals surface area (Å²) in [6.45, 7) is 11.0. The zero-order chi connectivity index (χ0) is 7.78. The van der Waals surface area contributed by atoms with Crippen molar-refractivity contribution in [2.45, 2.75) is 40.0 Å². The minimum absolute atomic E-state index is 0.524. The van der Waals surface area contributed by atoms with Crippen molar-refractivity contribution in [3.63, 3.8) is 0 Å². The number of hydrogen-bond donors (Lipinski definition) is 0. The largest absolute Gasteiger partial charge is 0.0993 e. The predicted molar refractivity (Wildman–Crippen MR) is 45.9 cm³/mol. The van der Waals surface area contributed by atoms with Gasteiger partial charge in [0, 0.05) is 0 Å². The van der Waals surface area contributed by atoms with E-state index in [2.05, 4.69) is 27.4 Å². The van der Waals surface area contributed by atoms with Gasteiger partial charge >= 0.3 is 0 Å². The highest BCUT2D eigenvalue weighted by atomic mass is 14.5. The maximum absolute atomic E-state index is 4.02. The van der Waals surface area contributed by atoms with Gasteiger partial charge in [-0.05, 0) is 17.8 Å². The maximum Gasteiger partial charge on any atom is -0.00559 e. The summed E-state index contributed by atoms with van der Waals surface area (Å²) >= 11 is 0. The number of hydrogen-bond acceptors (Lipinski definition) is 0. The molecule has 0 spiro atoms. The van der Waals surface area contributed by atoms with Crippen LogP contribution in [-0.4, -0.2) is 0 Å². The lowest BCUT2D eigenvalue weighted by atomic mass is 9.88. The molecule has 0 aromatic heterocycles. The molecule has 0 heteroatoms. The molecule has 0 aliphatic heterocycles. The second kappa shape index (κ2) is 2.41. The van der Waals surface area contributed by atoms with Gasteiger partial charge in [-0.3, -0.25) is 0 Å². The molecule has 0 radical (unpaired) electrons. The lowest BCUT2D eigenvalue weighted by Crippen LogP contribution is -2.07. The Kier molecular flexibility index (Phi) is 1.89. The average molecular weight is 138 g/mol. The third-order valence-electron chi connectivity index (χ3n) is 3.07. The fourth-order valence-electron chi connectivity index (χ4n) is 1.67. The van der Waals surface area contributed by atoms with Crippen molar-refractivity contribution in [2.75, 3.05) is 0 Å². The van der Waals surface area contributed by atoms with Gasteiger partial charge in [0.05, 0.1) is 0 Å². The van der Waals surface area contributed by atoms with Crippen LogP contribution in [0, 0.1) is 11.3 Å². The van der Waals surface area contributed by atoms with Crippen LogP contribution in [0.4, 0.5) is 0 Å². The first kappa shape index (κ1) is 7.84. The first-order chi connectivity index (χ1) is 4.61. The smallest absolute Gasteiger partial charge is 0.00559 e. The quantitative estimate of drug-likeness (QED) is 0.524. The van der Waals surface area contributed by atoms with E-state index >= 15 is 0 Å². The minimum atomic E-state index is 0.524. The van der Waals surface area contributed by atoms with Crippen LogP contribution in [0.5, 0.6) is 0 Å². The Morgan fingerprint density at radius 2 is 2.20 bits per heavy atom. The summed E-state index contributed by atoms with van der Waals surface area (Å²) in [5.74, 6) is 0.852. The second-order valence-electron chi connectivity index (χ2n) is 3.89. The van der Waals surface area contributed by atoms with Crippen molar-refractivity contribution in [3.05, 3.63) is 12.2 Å². The average Bonchev–Trinajstić information content (AvgIpc) is 2.43. The summed E-state index contributed by atoms with van der Waals surface area (Å²) in [7, 11) is 0. The van der Waals surface area contributed by atoms with Crippen LogP contribution in [0.3, 0.4) is 0 Å². The van der Waals surface area contributed by atoms with Gasteiger partial charge in [0.2, 0.25) is 0 Å². The van der Waals surface area contributed by atoms with Crippen LogP contribution >= 0.6 is 0 Å². The van der Waals surface area contributed by atoms with E-state index in [0.29, 0.717) is 5.41 Å². The summed E-state index contributed by atoms with van der Waals surface area (Å²) in [5, 5.41) is 0. The Labute approximate surface area is 64.3 Å². The Morgan fingerprint density at radius 3 is 2.50 bits per heavy atom. The molecule has 0 nitrogen and oxygen atoms in total. The maximum atomic E-state index is 4.02. The van der Waals surface area contributed by atoms with Crippen LogP contribution in [0.1, 0.15) is 40.0 Å². The van der Waals surface area contributed by atoms with Crippen LogP contribution < -0.4 is 0 Å². The zero-order valence-corrected chi connectivity index (χ0v) is 7.41. The molecule has 0 heterocycles. The highest BCUT2D eigenvalue weighted by Gasteiger charge is 2.45. The topological polar surface area (TPSA) is 0 Å². The van der Waals surface area contributed by atoms with E-state index in [4.69, 9.17) is 0 Å². The summed E-state index contributed by atoms with van der Waals surface area (Å²) in [5.41, 5.74) is 1.99. The Morgan fingerprint density at radius 1 is 1.70 bits per heavy atom. The van der Waals surface area contributed by atoms with Crippen molar-refractivity contribution in [1.29, 1.82) is 0 Å². The molecule has 0 aromatic carbocycles. The lowest BCUT2D eigenvalue weighted by Gasteiger charge is -2.16. The molecule has 1 saturated carbocycles. The SMILES string of the molecule is C=C1CC1(C)C(C)CCC. The van der Waals surface area contributed by atoms with Crippen LogP contribution in [-0.2, 0) is 0 Å². The van der Waals surface area contributed by atoms with Gasteiger partial charge in [-0.15, -0.1) is 0 Å². The molecule has 0 aromatic rings. The molecule has 1 fully saturated rings. The molecule has 0 N–H and O–H groups in total. The van der Waals surface area contributed by atoms with E-state index in [-0.39, 0.29) is 0 Å². The van der Waals surface area contributed by atoms with Crippen LogP contribution in [0.25, 0.3) is 0 Å². The summed E-state index contributed by atoms with van der Waals surface area (Å²) in [6, 6.07) is 0. The Bertz CT molecular complexity index is 146. The lowest BCUT2D eigenvalue weighted by molar-refractivity contribution is 0.357. The van der Waals surface area contributed by atoms with Crippen molar-refractivity contribution in [2.24, 2.45) is 11.3 Å². The highest BCUT2D eigenvalue weighted by molar-refractivity contribution is 5.28. The third kappa shape index (κ3) is 1.12. The van der Waals surface area contributed by atoms with Gasteiger partial charge in [0.25, 0.3) is 0 Å². The number of rotatable bonds is 3. The minimum Gasteiger partial charge on any atom is -0.0993 e. The fraction of sp³-hybridized carbons (Fsp3) is 0.800. The monoisotopic (exact) mass is 138 g/mol. The van der Waals surface area contributed by atoms with Gasteiger partial charge in [0.1, 0.15) is 0 Å². The molecule has 58 valence electrons. The van der Waals surface area contributed by atoms with Gasteiger partial charge in [-0.2, -0.15) is 0 Å². The second-order valence-corrected chi connectivity index (χ2v) is 3.89. The molecule has 10 heavy (non-hydrogen) atoms. The van der Waals surface area contributed by atoms with E-state index < -0.39 is 0 Å². The normalized spacial score (nSPS) is 34.1. The summed E-state index contributed by atoms with van der Waals surface area (Å²) in [6.07, 6.45) is 3.94. The van der Waals surface area contributed by atoms with E-state index in [1.165, 1.54) is 24.8 Å². The van der Waals surface area contributed by atoms with Crippen LogP contribution in [0.15, 0.2) is 12.2 Å². The molecule has 2 atom stereocenters. The molecule has 1 aliphatic carbocycles. The molecule has 0 bridgehead atoms. The van der Waals surface area contributed by atoms with Gasteiger partial charge in [0.15, 0.2) is 0 Å². The molecular formula is C10H18. The van der Waals surface area contributed by atoms with Crippen molar-refractivity contribution in [3.8, 4) is 0 Å². The van der Waals surface area contributed by atoms with Gasteiger partial charge < -0.3 is 0 Å². The molecule has 1 aliphatic rings. The molecule has 0 amide bonds. The van der Waals surface area contributed by atoms with Gasteiger partial charge in [-0.25, -0.2) is 0 Å². The predicted octanol–water partition coefficient (Wildman–Crippen LogP) is 3.39. The molecule has 0 saturated heterocycles. The van der Waals surface area contributed by atoms with E-state index in [1.807, 2.05) is 0 Å². The standard InChI is InChI=1S/C10H18/c1-5-6-8(2)10(4)7-9(10)3/h8H,3,5-7H2,1-2,4H3. The van der Waals surface area contributed by atoms with E-state index in [1.54, 1.807) is 0 Å². The summed E-state index contributed by atoms with van der Waals surface area (Å²) in [4.78, 5) is 0. The highest BCUT2D eigenvalue weighted by Crippen LogP contribution is 2.57. The fourth-order valence-corrected chi connectivity index (χ4v) is 1.67. The zero-order valence-electron chi connectivity index (χ0n) is 7.41. The Balaban J connectivity index is 2.42.